The Kier molecular flexibility index (Phi) is 4.85. The lowest BCUT2D eigenvalue weighted by molar-refractivity contribution is 0.102. The average molecular weight is 269 g/mol. The number of nitrogens with one attached hydrogen (secondary N) is 2. The quantitative estimate of drug-likeness (QED) is 0.877. The largest absolute Gasteiger partial charge is 0.322 e. The molecule has 0 atom stereocenters. The van der Waals surface area contributed by atoms with Gasteiger partial charge >= 0.3 is 0 Å². The Hall–Kier alpha value is -2.20. The van der Waals surface area contributed by atoms with Crippen LogP contribution in [0.1, 0.15) is 28.5 Å². The van der Waals surface area contributed by atoms with Crippen molar-refractivity contribution in [3.63, 3.8) is 0 Å². The van der Waals surface area contributed by atoms with Gasteiger partial charge in [0.2, 0.25) is 0 Å². The van der Waals surface area contributed by atoms with Crippen LogP contribution in [0.3, 0.4) is 0 Å². The molecule has 1 heterocycles. The van der Waals surface area contributed by atoms with Gasteiger partial charge in [-0.1, -0.05) is 25.1 Å². The summed E-state index contributed by atoms with van der Waals surface area (Å²) >= 11 is 0. The molecule has 0 unspecified atom stereocenters. The molecule has 0 saturated heterocycles. The Morgan fingerprint density at radius 1 is 1.20 bits per heavy atom. The molecular formula is C16H19N3O. The smallest absolute Gasteiger partial charge is 0.257 e. The Morgan fingerprint density at radius 2 is 2.00 bits per heavy atom. The first kappa shape index (κ1) is 14.2. The second-order valence-corrected chi connectivity index (χ2v) is 4.53. The number of amides is 1. The van der Waals surface area contributed by atoms with Crippen molar-refractivity contribution in [3.8, 4) is 0 Å². The van der Waals surface area contributed by atoms with Crippen LogP contribution < -0.4 is 10.6 Å². The lowest BCUT2D eigenvalue weighted by Gasteiger charge is -2.12. The van der Waals surface area contributed by atoms with Crippen LogP contribution in [-0.2, 0) is 6.54 Å². The van der Waals surface area contributed by atoms with Gasteiger partial charge in [-0.25, -0.2) is 0 Å². The molecule has 1 aromatic heterocycles. The summed E-state index contributed by atoms with van der Waals surface area (Å²) in [4.78, 5) is 16.4. The van der Waals surface area contributed by atoms with E-state index in [9.17, 15) is 4.79 Å². The minimum atomic E-state index is -0.125. The van der Waals surface area contributed by atoms with Gasteiger partial charge in [0, 0.05) is 24.1 Å². The van der Waals surface area contributed by atoms with Crippen LogP contribution in [0.4, 0.5) is 5.69 Å². The van der Waals surface area contributed by atoms with Crippen LogP contribution in [0.5, 0.6) is 0 Å². The molecule has 2 aromatic rings. The number of aryl methyl sites for hydroxylation is 1. The molecular weight excluding hydrogens is 250 g/mol. The average Bonchev–Trinajstić information content (AvgIpc) is 2.46. The van der Waals surface area contributed by atoms with Gasteiger partial charge in [-0.3, -0.25) is 9.78 Å². The van der Waals surface area contributed by atoms with Gasteiger partial charge < -0.3 is 10.6 Å². The van der Waals surface area contributed by atoms with E-state index >= 15 is 0 Å². The number of nitrogens with zero attached hydrogens (tertiary/aromatic N) is 1. The fourth-order valence-electron chi connectivity index (χ4n) is 1.97. The molecule has 0 aliphatic rings. The summed E-state index contributed by atoms with van der Waals surface area (Å²) in [6, 6.07) is 11.4. The number of hydrogen-bond donors (Lipinski definition) is 2. The lowest BCUT2D eigenvalue weighted by atomic mass is 10.1. The first-order valence-electron chi connectivity index (χ1n) is 6.74. The molecule has 1 aromatic carbocycles. The van der Waals surface area contributed by atoms with E-state index in [4.69, 9.17) is 0 Å². The topological polar surface area (TPSA) is 54.0 Å². The molecule has 20 heavy (non-hydrogen) atoms. The summed E-state index contributed by atoms with van der Waals surface area (Å²) in [6.07, 6.45) is 1.69. The second kappa shape index (κ2) is 6.82. The number of para-hydroxylation sites is 1. The molecule has 0 bridgehead atoms. The van der Waals surface area contributed by atoms with Gasteiger partial charge in [-0.15, -0.1) is 0 Å². The summed E-state index contributed by atoms with van der Waals surface area (Å²) in [7, 11) is 0. The molecule has 0 aliphatic heterocycles. The van der Waals surface area contributed by atoms with Gasteiger partial charge in [0.15, 0.2) is 0 Å². The number of hydrogen-bond acceptors (Lipinski definition) is 3. The molecule has 4 heteroatoms. The first-order chi connectivity index (χ1) is 9.72. The molecule has 0 aliphatic carbocycles. The maximum atomic E-state index is 12.3. The standard InChI is InChI=1S/C16H19N3O/c1-3-17-11-13-7-4-5-9-15(13)19-16(20)14-8-6-10-18-12(14)2/h4-10,17H,3,11H2,1-2H3,(H,19,20). The number of carbonyl (C=O) groups is 1. The third-order valence-electron chi connectivity index (χ3n) is 3.08. The highest BCUT2D eigenvalue weighted by molar-refractivity contribution is 6.05. The zero-order chi connectivity index (χ0) is 14.4. The maximum Gasteiger partial charge on any atom is 0.257 e. The van der Waals surface area contributed by atoms with Crippen LogP contribution in [0.2, 0.25) is 0 Å². The Balaban J connectivity index is 2.18. The molecule has 0 radical (unpaired) electrons. The van der Waals surface area contributed by atoms with E-state index in [0.29, 0.717) is 5.56 Å². The van der Waals surface area contributed by atoms with Crippen molar-refractivity contribution in [3.05, 3.63) is 59.4 Å². The van der Waals surface area contributed by atoms with E-state index in [1.54, 1.807) is 18.3 Å². The fraction of sp³-hybridized carbons (Fsp3) is 0.250. The highest BCUT2D eigenvalue weighted by Crippen LogP contribution is 2.16. The number of rotatable bonds is 5. The fourth-order valence-corrected chi connectivity index (χ4v) is 1.97. The van der Waals surface area contributed by atoms with Crippen LogP contribution in [-0.4, -0.2) is 17.4 Å². The van der Waals surface area contributed by atoms with Gasteiger partial charge in [0.25, 0.3) is 5.91 Å². The summed E-state index contributed by atoms with van der Waals surface area (Å²) in [5, 5.41) is 6.22. The number of benzene rings is 1. The van der Waals surface area contributed by atoms with Crippen molar-refractivity contribution < 1.29 is 4.79 Å². The number of aromatic nitrogens is 1. The number of pyridine rings is 1. The van der Waals surface area contributed by atoms with E-state index in [-0.39, 0.29) is 5.91 Å². The SMILES string of the molecule is CCNCc1ccccc1NC(=O)c1cccnc1C. The molecule has 0 fully saturated rings. The van der Waals surface area contributed by atoms with Crippen LogP contribution >= 0.6 is 0 Å². The normalized spacial score (nSPS) is 10.3. The van der Waals surface area contributed by atoms with Crippen LogP contribution in [0, 0.1) is 6.92 Å². The Labute approximate surface area is 119 Å². The van der Waals surface area contributed by atoms with E-state index in [0.717, 1.165) is 30.0 Å². The van der Waals surface area contributed by atoms with Crippen molar-refractivity contribution in [1.82, 2.24) is 10.3 Å². The Bertz CT molecular complexity index is 596. The molecule has 104 valence electrons. The van der Waals surface area contributed by atoms with Crippen LogP contribution in [0.25, 0.3) is 0 Å². The first-order valence-corrected chi connectivity index (χ1v) is 6.74. The Morgan fingerprint density at radius 3 is 2.75 bits per heavy atom. The molecule has 2 N–H and O–H groups in total. The number of anilines is 1. The van der Waals surface area contributed by atoms with E-state index < -0.39 is 0 Å². The lowest BCUT2D eigenvalue weighted by Crippen LogP contribution is -2.18. The van der Waals surface area contributed by atoms with Crippen molar-refractivity contribution in [2.45, 2.75) is 20.4 Å². The summed E-state index contributed by atoms with van der Waals surface area (Å²) in [5.74, 6) is -0.125. The molecule has 4 nitrogen and oxygen atoms in total. The monoisotopic (exact) mass is 269 g/mol. The molecule has 2 rings (SSSR count). The van der Waals surface area contributed by atoms with E-state index in [1.807, 2.05) is 31.2 Å². The zero-order valence-electron chi connectivity index (χ0n) is 11.8. The van der Waals surface area contributed by atoms with Crippen molar-refractivity contribution >= 4 is 11.6 Å². The van der Waals surface area contributed by atoms with Gasteiger partial charge in [0.1, 0.15) is 0 Å². The summed E-state index contributed by atoms with van der Waals surface area (Å²) in [5.41, 5.74) is 3.24. The zero-order valence-corrected chi connectivity index (χ0v) is 11.8. The van der Waals surface area contributed by atoms with Gasteiger partial charge in [-0.05, 0) is 37.2 Å². The summed E-state index contributed by atoms with van der Waals surface area (Å²) in [6.45, 7) is 5.52. The molecule has 0 spiro atoms. The van der Waals surface area contributed by atoms with Gasteiger partial charge in [-0.2, -0.15) is 0 Å². The third-order valence-corrected chi connectivity index (χ3v) is 3.08. The predicted octanol–water partition coefficient (Wildman–Crippen LogP) is 2.75. The third kappa shape index (κ3) is 3.42. The van der Waals surface area contributed by atoms with Crippen LogP contribution in [0.15, 0.2) is 42.6 Å². The highest BCUT2D eigenvalue weighted by atomic mass is 16.1. The van der Waals surface area contributed by atoms with Crippen molar-refractivity contribution in [2.75, 3.05) is 11.9 Å². The van der Waals surface area contributed by atoms with Crippen molar-refractivity contribution in [2.24, 2.45) is 0 Å². The minimum Gasteiger partial charge on any atom is -0.322 e. The number of carbonyl (C=O) groups excluding carboxylic acids is 1. The van der Waals surface area contributed by atoms with Gasteiger partial charge in [0.05, 0.1) is 5.56 Å². The maximum absolute atomic E-state index is 12.3. The molecule has 0 saturated carbocycles. The predicted molar refractivity (Wildman–Crippen MR) is 80.7 cm³/mol. The second-order valence-electron chi connectivity index (χ2n) is 4.53. The van der Waals surface area contributed by atoms with Crippen molar-refractivity contribution in [1.29, 1.82) is 0 Å². The van der Waals surface area contributed by atoms with E-state index in [1.165, 1.54) is 0 Å². The van der Waals surface area contributed by atoms with E-state index in [2.05, 4.69) is 22.5 Å². The highest BCUT2D eigenvalue weighted by Gasteiger charge is 2.11. The minimum absolute atomic E-state index is 0.125. The summed E-state index contributed by atoms with van der Waals surface area (Å²) < 4.78 is 0. The molecule has 1 amide bonds.